The summed E-state index contributed by atoms with van der Waals surface area (Å²) in [5.74, 6) is -2.56. The van der Waals surface area contributed by atoms with Gasteiger partial charge >= 0.3 is 0 Å². The van der Waals surface area contributed by atoms with E-state index in [1.807, 2.05) is 0 Å². The van der Waals surface area contributed by atoms with Gasteiger partial charge in [0.2, 0.25) is 0 Å². The highest BCUT2D eigenvalue weighted by atomic mass is 79.9. The molecule has 0 aliphatic rings. The van der Waals surface area contributed by atoms with Crippen molar-refractivity contribution < 1.29 is 13.6 Å². The number of amides is 1. The molecule has 0 saturated heterocycles. The molecule has 7 heteroatoms. The maximum absolute atomic E-state index is 13.6. The van der Waals surface area contributed by atoms with Crippen molar-refractivity contribution in [1.29, 1.82) is 0 Å². The number of nitrogens with zero attached hydrogens (tertiary/aromatic N) is 1. The lowest BCUT2D eigenvalue weighted by molar-refractivity contribution is 0.0789. The molecular formula is C11H11BrF2N2OS. The lowest BCUT2D eigenvalue weighted by Crippen LogP contribution is -2.31. The Morgan fingerprint density at radius 1 is 1.44 bits per heavy atom. The van der Waals surface area contributed by atoms with Gasteiger partial charge in [-0.05, 0) is 12.1 Å². The Morgan fingerprint density at radius 2 is 1.94 bits per heavy atom. The molecule has 1 aromatic carbocycles. The van der Waals surface area contributed by atoms with Gasteiger partial charge in [-0.25, -0.2) is 8.78 Å². The number of hydrogen-bond acceptors (Lipinski definition) is 2. The van der Waals surface area contributed by atoms with Gasteiger partial charge in [0.05, 0.1) is 4.99 Å². The highest BCUT2D eigenvalue weighted by Gasteiger charge is 2.21. The van der Waals surface area contributed by atoms with Gasteiger partial charge in [0.15, 0.2) is 0 Å². The number of benzene rings is 1. The number of nitrogens with two attached hydrogens (primary N) is 1. The summed E-state index contributed by atoms with van der Waals surface area (Å²) in [5, 5.41) is 0. The molecule has 3 nitrogen and oxygen atoms in total. The van der Waals surface area contributed by atoms with Gasteiger partial charge < -0.3 is 10.6 Å². The van der Waals surface area contributed by atoms with Crippen molar-refractivity contribution in [2.24, 2.45) is 5.73 Å². The van der Waals surface area contributed by atoms with Crippen molar-refractivity contribution in [3.63, 3.8) is 0 Å². The minimum absolute atomic E-state index is 0.211. The molecule has 0 heterocycles. The summed E-state index contributed by atoms with van der Waals surface area (Å²) in [6, 6.07) is 2.08. The molecular weight excluding hydrogens is 326 g/mol. The standard InChI is InChI=1S/C11H11BrF2N2OS/c1-16(3-2-9(15)18)11(17)10-7(13)4-6(12)5-8(10)14/h4-5H,2-3H2,1H3,(H2,15,18). The molecule has 1 amide bonds. The second-order valence-electron chi connectivity index (χ2n) is 3.69. The summed E-state index contributed by atoms with van der Waals surface area (Å²) in [5.41, 5.74) is 4.72. The van der Waals surface area contributed by atoms with E-state index in [0.717, 1.165) is 12.1 Å². The fraction of sp³-hybridized carbons (Fsp3) is 0.273. The van der Waals surface area contributed by atoms with Gasteiger partial charge in [0.1, 0.15) is 17.2 Å². The van der Waals surface area contributed by atoms with E-state index in [-0.39, 0.29) is 16.0 Å². The van der Waals surface area contributed by atoms with Gasteiger partial charge in [0.25, 0.3) is 5.91 Å². The van der Waals surface area contributed by atoms with Crippen LogP contribution in [0.4, 0.5) is 8.78 Å². The van der Waals surface area contributed by atoms with Crippen LogP contribution in [0.3, 0.4) is 0 Å². The molecule has 0 atom stereocenters. The van der Waals surface area contributed by atoms with Crippen LogP contribution in [0, 0.1) is 11.6 Å². The Morgan fingerprint density at radius 3 is 2.39 bits per heavy atom. The topological polar surface area (TPSA) is 46.3 Å². The zero-order chi connectivity index (χ0) is 13.9. The number of carbonyl (C=O) groups is 1. The number of halogens is 3. The highest BCUT2D eigenvalue weighted by Crippen LogP contribution is 2.20. The third kappa shape index (κ3) is 3.71. The number of rotatable bonds is 4. The minimum Gasteiger partial charge on any atom is -0.393 e. The number of thiocarbonyl (C=S) groups is 1. The Balaban J connectivity index is 2.93. The fourth-order valence-electron chi connectivity index (χ4n) is 1.32. The van der Waals surface area contributed by atoms with Crippen LogP contribution in [0.1, 0.15) is 16.8 Å². The van der Waals surface area contributed by atoms with Crippen molar-refractivity contribution in [3.05, 3.63) is 33.8 Å². The van der Waals surface area contributed by atoms with Crippen LogP contribution in [0.2, 0.25) is 0 Å². The van der Waals surface area contributed by atoms with Crippen molar-refractivity contribution >= 4 is 39.0 Å². The molecule has 0 fully saturated rings. The predicted octanol–water partition coefficient (Wildman–Crippen LogP) is 2.48. The molecule has 0 bridgehead atoms. The van der Waals surface area contributed by atoms with Crippen molar-refractivity contribution in [2.75, 3.05) is 13.6 Å². The Kier molecular flexibility index (Phi) is 5.15. The maximum Gasteiger partial charge on any atom is 0.259 e. The van der Waals surface area contributed by atoms with Crippen LogP contribution in [-0.4, -0.2) is 29.4 Å². The van der Waals surface area contributed by atoms with E-state index < -0.39 is 23.1 Å². The summed E-state index contributed by atoms with van der Waals surface area (Å²) in [6.45, 7) is 0.211. The number of hydrogen-bond donors (Lipinski definition) is 1. The SMILES string of the molecule is CN(CCC(N)=S)C(=O)c1c(F)cc(Br)cc1F. The monoisotopic (exact) mass is 336 g/mol. The molecule has 0 radical (unpaired) electrons. The van der Waals surface area contributed by atoms with E-state index in [9.17, 15) is 13.6 Å². The van der Waals surface area contributed by atoms with Crippen LogP contribution < -0.4 is 5.73 Å². The first-order chi connectivity index (χ1) is 8.32. The minimum atomic E-state index is -0.908. The van der Waals surface area contributed by atoms with E-state index >= 15 is 0 Å². The van der Waals surface area contributed by atoms with E-state index in [2.05, 4.69) is 28.1 Å². The van der Waals surface area contributed by atoms with Crippen LogP contribution in [0.25, 0.3) is 0 Å². The average molecular weight is 337 g/mol. The maximum atomic E-state index is 13.6. The summed E-state index contributed by atoms with van der Waals surface area (Å²) in [7, 11) is 1.43. The zero-order valence-electron chi connectivity index (χ0n) is 9.54. The summed E-state index contributed by atoms with van der Waals surface area (Å²) < 4.78 is 27.3. The van der Waals surface area contributed by atoms with Gasteiger partial charge in [-0.15, -0.1) is 0 Å². The Labute approximate surface area is 117 Å². The third-order valence-corrected chi connectivity index (χ3v) is 2.92. The summed E-state index contributed by atoms with van der Waals surface area (Å²) in [4.78, 5) is 13.3. The molecule has 0 spiro atoms. The molecule has 0 aliphatic heterocycles. The van der Waals surface area contributed by atoms with Crippen LogP contribution in [0.5, 0.6) is 0 Å². The Bertz CT molecular complexity index is 473. The first-order valence-electron chi connectivity index (χ1n) is 5.01. The van der Waals surface area contributed by atoms with Gasteiger partial charge in [0, 0.05) is 24.5 Å². The Hall–Kier alpha value is -1.08. The normalized spacial score (nSPS) is 10.2. The highest BCUT2D eigenvalue weighted by molar-refractivity contribution is 9.10. The molecule has 0 saturated carbocycles. The predicted molar refractivity (Wildman–Crippen MR) is 72.4 cm³/mol. The molecule has 98 valence electrons. The van der Waals surface area contributed by atoms with Crippen molar-refractivity contribution in [1.82, 2.24) is 4.90 Å². The molecule has 1 aromatic rings. The van der Waals surface area contributed by atoms with Gasteiger partial charge in [-0.1, -0.05) is 28.1 Å². The lowest BCUT2D eigenvalue weighted by atomic mass is 10.1. The lowest BCUT2D eigenvalue weighted by Gasteiger charge is -2.17. The van der Waals surface area contributed by atoms with E-state index in [0.29, 0.717) is 6.42 Å². The third-order valence-electron chi connectivity index (χ3n) is 2.26. The molecule has 0 unspecified atom stereocenters. The van der Waals surface area contributed by atoms with Crippen molar-refractivity contribution in [2.45, 2.75) is 6.42 Å². The summed E-state index contributed by atoms with van der Waals surface area (Å²) in [6.07, 6.45) is 0.303. The largest absolute Gasteiger partial charge is 0.393 e. The second kappa shape index (κ2) is 6.19. The number of carbonyl (C=O) groups excluding carboxylic acids is 1. The quantitative estimate of drug-likeness (QED) is 0.859. The van der Waals surface area contributed by atoms with E-state index in [4.69, 9.17) is 5.73 Å². The smallest absolute Gasteiger partial charge is 0.259 e. The van der Waals surface area contributed by atoms with Crippen LogP contribution in [0.15, 0.2) is 16.6 Å². The first kappa shape index (κ1) is 15.0. The molecule has 0 aliphatic carbocycles. The van der Waals surface area contributed by atoms with Crippen LogP contribution in [-0.2, 0) is 0 Å². The zero-order valence-corrected chi connectivity index (χ0v) is 11.9. The van der Waals surface area contributed by atoms with Crippen molar-refractivity contribution in [3.8, 4) is 0 Å². The van der Waals surface area contributed by atoms with Gasteiger partial charge in [-0.2, -0.15) is 0 Å². The second-order valence-corrected chi connectivity index (χ2v) is 5.13. The van der Waals surface area contributed by atoms with Gasteiger partial charge in [-0.3, -0.25) is 4.79 Å². The molecule has 0 aromatic heterocycles. The van der Waals surface area contributed by atoms with E-state index in [1.165, 1.54) is 11.9 Å². The molecule has 2 N–H and O–H groups in total. The summed E-state index contributed by atoms with van der Waals surface area (Å²) >= 11 is 7.62. The molecule has 1 rings (SSSR count). The first-order valence-corrected chi connectivity index (χ1v) is 6.21. The average Bonchev–Trinajstić information content (AvgIpc) is 2.24. The molecule has 18 heavy (non-hydrogen) atoms. The van der Waals surface area contributed by atoms with E-state index in [1.54, 1.807) is 0 Å². The van der Waals surface area contributed by atoms with Crippen LogP contribution >= 0.6 is 28.1 Å². The fourth-order valence-corrected chi connectivity index (χ4v) is 1.81.